The van der Waals surface area contributed by atoms with Gasteiger partial charge in [0.25, 0.3) is 0 Å². The zero-order valence-electron chi connectivity index (χ0n) is 15.9. The lowest BCUT2D eigenvalue weighted by molar-refractivity contribution is -0.134. The normalized spacial score (nSPS) is 29.4. The molecule has 2 saturated carbocycles. The van der Waals surface area contributed by atoms with E-state index in [9.17, 15) is 9.59 Å². The van der Waals surface area contributed by atoms with Crippen molar-refractivity contribution in [3.63, 3.8) is 0 Å². The molecule has 0 radical (unpaired) electrons. The van der Waals surface area contributed by atoms with Crippen LogP contribution in [-0.4, -0.2) is 55.1 Å². The molecular formula is C20H34N4O2. The van der Waals surface area contributed by atoms with Crippen LogP contribution >= 0.6 is 0 Å². The quantitative estimate of drug-likeness (QED) is 0.719. The first-order valence-corrected chi connectivity index (χ1v) is 10.7. The number of rotatable bonds is 3. The molecule has 0 aromatic heterocycles. The molecule has 0 aromatic rings. The minimum atomic E-state index is -0.0162. The van der Waals surface area contributed by atoms with E-state index in [1.165, 1.54) is 19.3 Å². The van der Waals surface area contributed by atoms with Gasteiger partial charge in [-0.25, -0.2) is 4.79 Å². The zero-order valence-corrected chi connectivity index (χ0v) is 15.9. The highest BCUT2D eigenvalue weighted by Gasteiger charge is 2.58. The maximum absolute atomic E-state index is 12.8. The number of nitrogens with one attached hydrogen (secondary N) is 3. The molecule has 2 saturated heterocycles. The van der Waals surface area contributed by atoms with Gasteiger partial charge < -0.3 is 20.9 Å². The number of hydrogen-bond donors (Lipinski definition) is 3. The summed E-state index contributed by atoms with van der Waals surface area (Å²) in [5.41, 5.74) is 0.317. The van der Waals surface area contributed by atoms with Gasteiger partial charge >= 0.3 is 6.03 Å². The van der Waals surface area contributed by atoms with Crippen LogP contribution in [0.25, 0.3) is 0 Å². The van der Waals surface area contributed by atoms with Crippen LogP contribution in [0.3, 0.4) is 0 Å². The minimum absolute atomic E-state index is 0.0162. The monoisotopic (exact) mass is 362 g/mol. The second-order valence-corrected chi connectivity index (χ2v) is 8.92. The SMILES string of the molecule is O=C(NC1CCCCC1)NC1CCN(C(=O)C2CC23CCNCC3)CC1. The average Bonchev–Trinajstić information content (AvgIpc) is 3.36. The van der Waals surface area contributed by atoms with Crippen LogP contribution in [0.1, 0.15) is 64.2 Å². The number of likely N-dealkylation sites (tertiary alicyclic amines) is 1. The second-order valence-electron chi connectivity index (χ2n) is 8.92. The van der Waals surface area contributed by atoms with Crippen molar-refractivity contribution in [3.8, 4) is 0 Å². The van der Waals surface area contributed by atoms with E-state index in [4.69, 9.17) is 0 Å². The standard InChI is InChI=1S/C20H34N4O2/c25-18(17-14-20(17)8-10-21-11-9-20)24-12-6-16(7-13-24)23-19(26)22-15-4-2-1-3-5-15/h15-17,21H,1-14H2,(H2,22,23,26). The Morgan fingerprint density at radius 3 is 2.15 bits per heavy atom. The summed E-state index contributed by atoms with van der Waals surface area (Å²) in [7, 11) is 0. The largest absolute Gasteiger partial charge is 0.342 e. The van der Waals surface area contributed by atoms with E-state index in [0.29, 0.717) is 17.4 Å². The number of nitrogens with zero attached hydrogens (tertiary/aromatic N) is 1. The van der Waals surface area contributed by atoms with Gasteiger partial charge in [-0.3, -0.25) is 4.79 Å². The molecule has 2 aliphatic heterocycles. The third-order valence-electron chi connectivity index (χ3n) is 7.17. The summed E-state index contributed by atoms with van der Waals surface area (Å²) in [6.07, 6.45) is 11.1. The average molecular weight is 363 g/mol. The highest BCUT2D eigenvalue weighted by atomic mass is 16.2. The first-order valence-electron chi connectivity index (χ1n) is 10.7. The Balaban J connectivity index is 1.18. The molecule has 4 rings (SSSR count). The van der Waals surface area contributed by atoms with Gasteiger partial charge in [0.15, 0.2) is 0 Å². The molecule has 2 heterocycles. The van der Waals surface area contributed by atoms with Crippen molar-refractivity contribution in [2.75, 3.05) is 26.2 Å². The van der Waals surface area contributed by atoms with Crippen LogP contribution in [0.5, 0.6) is 0 Å². The fourth-order valence-corrected chi connectivity index (χ4v) is 5.30. The van der Waals surface area contributed by atoms with Crippen molar-refractivity contribution in [3.05, 3.63) is 0 Å². The predicted molar refractivity (Wildman–Crippen MR) is 101 cm³/mol. The van der Waals surface area contributed by atoms with Crippen LogP contribution in [-0.2, 0) is 4.79 Å². The summed E-state index contributed by atoms with van der Waals surface area (Å²) in [5.74, 6) is 0.640. The minimum Gasteiger partial charge on any atom is -0.342 e. The summed E-state index contributed by atoms with van der Waals surface area (Å²) in [4.78, 5) is 27.1. The Bertz CT molecular complexity index is 518. The molecule has 2 aliphatic carbocycles. The van der Waals surface area contributed by atoms with Crippen LogP contribution in [0.15, 0.2) is 0 Å². The lowest BCUT2D eigenvalue weighted by Crippen LogP contribution is -2.51. The first-order chi connectivity index (χ1) is 12.7. The molecule has 1 unspecified atom stereocenters. The van der Waals surface area contributed by atoms with Gasteiger partial charge in [-0.2, -0.15) is 0 Å². The van der Waals surface area contributed by atoms with Crippen molar-refractivity contribution < 1.29 is 9.59 Å². The number of piperidine rings is 2. The van der Waals surface area contributed by atoms with E-state index in [1.54, 1.807) is 0 Å². The molecule has 0 bridgehead atoms. The smallest absolute Gasteiger partial charge is 0.315 e. The van der Waals surface area contributed by atoms with Crippen LogP contribution in [0.2, 0.25) is 0 Å². The molecule has 1 spiro atoms. The topological polar surface area (TPSA) is 73.5 Å². The molecule has 1 atom stereocenters. The summed E-state index contributed by atoms with van der Waals surface area (Å²) in [5, 5.41) is 9.66. The molecule has 146 valence electrons. The Hall–Kier alpha value is -1.30. The molecule has 4 aliphatic rings. The molecule has 0 aromatic carbocycles. The van der Waals surface area contributed by atoms with E-state index in [-0.39, 0.29) is 18.0 Å². The summed E-state index contributed by atoms with van der Waals surface area (Å²) < 4.78 is 0. The highest BCUT2D eigenvalue weighted by Crippen LogP contribution is 2.59. The zero-order chi connectivity index (χ0) is 18.0. The molecule has 3 N–H and O–H groups in total. The van der Waals surface area contributed by atoms with E-state index >= 15 is 0 Å². The number of carbonyl (C=O) groups is 2. The number of hydrogen-bond acceptors (Lipinski definition) is 3. The molecule has 4 fully saturated rings. The molecule has 26 heavy (non-hydrogen) atoms. The van der Waals surface area contributed by atoms with Crippen molar-refractivity contribution >= 4 is 11.9 Å². The van der Waals surface area contributed by atoms with E-state index in [0.717, 1.165) is 71.1 Å². The van der Waals surface area contributed by atoms with Gasteiger partial charge in [0.2, 0.25) is 5.91 Å². The highest BCUT2D eigenvalue weighted by molar-refractivity contribution is 5.83. The van der Waals surface area contributed by atoms with E-state index in [2.05, 4.69) is 20.9 Å². The lowest BCUT2D eigenvalue weighted by Gasteiger charge is -2.34. The molecule has 3 amide bonds. The van der Waals surface area contributed by atoms with Gasteiger partial charge in [-0.1, -0.05) is 19.3 Å². The second kappa shape index (κ2) is 7.75. The summed E-state index contributed by atoms with van der Waals surface area (Å²) >= 11 is 0. The third kappa shape index (κ3) is 4.00. The summed E-state index contributed by atoms with van der Waals surface area (Å²) in [6, 6.07) is 0.536. The van der Waals surface area contributed by atoms with Crippen molar-refractivity contribution in [2.24, 2.45) is 11.3 Å². The lowest BCUT2D eigenvalue weighted by atomic mass is 9.91. The molecule has 6 heteroatoms. The van der Waals surface area contributed by atoms with Gasteiger partial charge in [0.05, 0.1) is 0 Å². The molecule has 6 nitrogen and oxygen atoms in total. The fraction of sp³-hybridized carbons (Fsp3) is 0.900. The van der Waals surface area contributed by atoms with Gasteiger partial charge in [0.1, 0.15) is 0 Å². The van der Waals surface area contributed by atoms with Crippen LogP contribution in [0.4, 0.5) is 4.79 Å². The van der Waals surface area contributed by atoms with Gasteiger partial charge in [-0.05, 0) is 63.5 Å². The number of urea groups is 1. The fourth-order valence-electron chi connectivity index (χ4n) is 5.30. The maximum atomic E-state index is 12.8. The Morgan fingerprint density at radius 2 is 1.50 bits per heavy atom. The van der Waals surface area contributed by atoms with Crippen LogP contribution < -0.4 is 16.0 Å². The number of amides is 3. The Morgan fingerprint density at radius 1 is 0.885 bits per heavy atom. The van der Waals surface area contributed by atoms with Crippen molar-refractivity contribution in [1.29, 1.82) is 0 Å². The van der Waals surface area contributed by atoms with Crippen molar-refractivity contribution in [1.82, 2.24) is 20.9 Å². The predicted octanol–water partition coefficient (Wildman–Crippen LogP) is 2.00. The maximum Gasteiger partial charge on any atom is 0.315 e. The van der Waals surface area contributed by atoms with Crippen molar-refractivity contribution in [2.45, 2.75) is 76.3 Å². The van der Waals surface area contributed by atoms with E-state index in [1.807, 2.05) is 0 Å². The Labute approximate surface area is 156 Å². The van der Waals surface area contributed by atoms with Crippen LogP contribution in [0, 0.1) is 11.3 Å². The van der Waals surface area contributed by atoms with E-state index < -0.39 is 0 Å². The number of carbonyl (C=O) groups excluding carboxylic acids is 2. The molecular weight excluding hydrogens is 328 g/mol. The van der Waals surface area contributed by atoms with Gasteiger partial charge in [-0.15, -0.1) is 0 Å². The Kier molecular flexibility index (Phi) is 5.39. The van der Waals surface area contributed by atoms with Gasteiger partial charge in [0, 0.05) is 31.1 Å². The third-order valence-corrected chi connectivity index (χ3v) is 7.17. The first kappa shape index (κ1) is 18.1. The summed E-state index contributed by atoms with van der Waals surface area (Å²) in [6.45, 7) is 3.70.